The third-order valence-corrected chi connectivity index (χ3v) is 5.31. The first-order valence-corrected chi connectivity index (χ1v) is 12.1. The van der Waals surface area contributed by atoms with Gasteiger partial charge in [-0.05, 0) is 69.2 Å². The Morgan fingerprint density at radius 3 is 2.27 bits per heavy atom. The van der Waals surface area contributed by atoms with Crippen LogP contribution in [0.5, 0.6) is 5.75 Å². The number of pyridine rings is 1. The number of hydrogen-bond acceptors (Lipinski definition) is 7. The second-order valence-corrected chi connectivity index (χ2v) is 9.36. The number of esters is 1. The summed E-state index contributed by atoms with van der Waals surface area (Å²) in [6.07, 6.45) is 4.36. The maximum absolute atomic E-state index is 12.5. The van der Waals surface area contributed by atoms with E-state index in [0.29, 0.717) is 17.9 Å². The molecule has 1 N–H and O–H groups in total. The van der Waals surface area contributed by atoms with E-state index in [9.17, 15) is 14.4 Å². The molecule has 0 bridgehead atoms. The zero-order valence-corrected chi connectivity index (χ0v) is 20.7. The standard InChI is InChI=1S/C25H32N2O5S/c1-6-17-9-13-20(26-15-17)21(32-23(29)25(2,3)4)16-31-19-11-7-18(8-12-19)10-14-22(28)27-24(30)33-5/h7-9,11-13,15,21H,6,10,14,16H2,1-5H3,(H,27,28,30)/t21-/m0/s1. The average Bonchev–Trinajstić information content (AvgIpc) is 2.80. The van der Waals surface area contributed by atoms with E-state index in [-0.39, 0.29) is 30.1 Å². The molecule has 0 unspecified atom stereocenters. The van der Waals surface area contributed by atoms with Crippen molar-refractivity contribution in [3.63, 3.8) is 0 Å². The number of aromatic nitrogens is 1. The molecular weight excluding hydrogens is 440 g/mol. The molecule has 1 atom stereocenters. The minimum atomic E-state index is -0.643. The lowest BCUT2D eigenvalue weighted by Crippen LogP contribution is -2.27. The molecule has 1 aromatic carbocycles. The molecule has 0 aliphatic carbocycles. The number of nitrogens with one attached hydrogen (secondary N) is 1. The molecule has 0 fully saturated rings. The van der Waals surface area contributed by atoms with Gasteiger partial charge in [0.25, 0.3) is 5.24 Å². The van der Waals surface area contributed by atoms with E-state index in [2.05, 4.69) is 17.2 Å². The van der Waals surface area contributed by atoms with Crippen molar-refractivity contribution in [3.05, 3.63) is 59.4 Å². The van der Waals surface area contributed by atoms with E-state index in [1.807, 2.05) is 24.3 Å². The number of rotatable bonds is 9. The van der Waals surface area contributed by atoms with Crippen LogP contribution in [0.2, 0.25) is 0 Å². The van der Waals surface area contributed by atoms with Crippen molar-refractivity contribution < 1.29 is 23.9 Å². The topological polar surface area (TPSA) is 94.6 Å². The van der Waals surface area contributed by atoms with Gasteiger partial charge < -0.3 is 9.47 Å². The van der Waals surface area contributed by atoms with E-state index in [4.69, 9.17) is 9.47 Å². The summed E-state index contributed by atoms with van der Waals surface area (Å²) in [5.74, 6) is -0.0198. The van der Waals surface area contributed by atoms with Gasteiger partial charge in [-0.15, -0.1) is 0 Å². The molecule has 8 heteroatoms. The molecule has 0 saturated heterocycles. The number of carbonyl (C=O) groups is 3. The Kier molecular flexibility index (Phi) is 9.91. The lowest BCUT2D eigenvalue weighted by molar-refractivity contribution is -0.160. The fraction of sp³-hybridized carbons (Fsp3) is 0.440. The van der Waals surface area contributed by atoms with Gasteiger partial charge in [0.1, 0.15) is 12.4 Å². The molecular formula is C25H32N2O5S. The summed E-state index contributed by atoms with van der Waals surface area (Å²) in [5.41, 5.74) is 2.03. The van der Waals surface area contributed by atoms with E-state index in [0.717, 1.165) is 29.3 Å². The molecule has 0 saturated carbocycles. The molecule has 0 spiro atoms. The normalized spacial score (nSPS) is 12.0. The Bertz CT molecular complexity index is 937. The molecule has 1 heterocycles. The second kappa shape index (κ2) is 12.4. The Labute approximate surface area is 199 Å². The van der Waals surface area contributed by atoms with Crippen LogP contribution >= 0.6 is 11.8 Å². The summed E-state index contributed by atoms with van der Waals surface area (Å²) in [5, 5.41) is 1.95. The van der Waals surface area contributed by atoms with Crippen molar-refractivity contribution in [3.8, 4) is 5.75 Å². The Morgan fingerprint density at radius 2 is 1.73 bits per heavy atom. The average molecular weight is 473 g/mol. The Hall–Kier alpha value is -2.87. The van der Waals surface area contributed by atoms with Gasteiger partial charge in [-0.1, -0.05) is 36.9 Å². The van der Waals surface area contributed by atoms with E-state index in [1.165, 1.54) is 0 Å². The van der Waals surface area contributed by atoms with Crippen LogP contribution in [0.25, 0.3) is 0 Å². The molecule has 2 amide bonds. The number of nitrogens with zero attached hydrogens (tertiary/aromatic N) is 1. The van der Waals surface area contributed by atoms with Gasteiger partial charge in [0.15, 0.2) is 6.10 Å². The highest BCUT2D eigenvalue weighted by Gasteiger charge is 2.28. The summed E-state index contributed by atoms with van der Waals surface area (Å²) < 4.78 is 11.6. The number of thioether (sulfide) groups is 1. The van der Waals surface area contributed by atoms with Crippen molar-refractivity contribution in [1.82, 2.24) is 10.3 Å². The molecule has 2 aromatic rings. The minimum absolute atomic E-state index is 0.124. The summed E-state index contributed by atoms with van der Waals surface area (Å²) in [7, 11) is 0. The molecule has 7 nitrogen and oxygen atoms in total. The monoisotopic (exact) mass is 472 g/mol. The Balaban J connectivity index is 2.00. The molecule has 2 rings (SSSR count). The van der Waals surface area contributed by atoms with Gasteiger partial charge >= 0.3 is 5.97 Å². The van der Waals surface area contributed by atoms with Crippen LogP contribution in [0, 0.1) is 5.41 Å². The zero-order chi connectivity index (χ0) is 24.4. The summed E-state index contributed by atoms with van der Waals surface area (Å²) >= 11 is 0.966. The van der Waals surface area contributed by atoms with Gasteiger partial charge in [0.2, 0.25) is 5.91 Å². The Morgan fingerprint density at radius 1 is 1.06 bits per heavy atom. The van der Waals surface area contributed by atoms with Gasteiger partial charge in [0, 0.05) is 12.6 Å². The first kappa shape index (κ1) is 26.4. The number of carbonyl (C=O) groups excluding carboxylic acids is 3. The predicted molar refractivity (Wildman–Crippen MR) is 129 cm³/mol. The van der Waals surface area contributed by atoms with Gasteiger partial charge in [-0.3, -0.25) is 24.7 Å². The molecule has 0 radical (unpaired) electrons. The summed E-state index contributed by atoms with van der Waals surface area (Å²) in [4.78, 5) is 39.9. The van der Waals surface area contributed by atoms with Crippen molar-refractivity contribution in [2.45, 2.75) is 53.1 Å². The molecule has 33 heavy (non-hydrogen) atoms. The number of imide groups is 1. The largest absolute Gasteiger partial charge is 0.489 e. The van der Waals surface area contributed by atoms with E-state index >= 15 is 0 Å². The fourth-order valence-corrected chi connectivity index (χ4v) is 2.95. The highest BCUT2D eigenvalue weighted by Crippen LogP contribution is 2.24. The second-order valence-electron chi connectivity index (χ2n) is 8.58. The molecule has 178 valence electrons. The summed E-state index contributed by atoms with van der Waals surface area (Å²) in [6.45, 7) is 7.58. The van der Waals surface area contributed by atoms with E-state index < -0.39 is 11.5 Å². The number of hydrogen-bond donors (Lipinski definition) is 1. The smallest absolute Gasteiger partial charge is 0.312 e. The fourth-order valence-electron chi connectivity index (χ4n) is 2.73. The highest BCUT2D eigenvalue weighted by atomic mass is 32.2. The zero-order valence-electron chi connectivity index (χ0n) is 19.8. The summed E-state index contributed by atoms with van der Waals surface area (Å²) in [6, 6.07) is 11.2. The number of ether oxygens (including phenoxy) is 2. The number of benzene rings is 1. The molecule has 0 aliphatic heterocycles. The van der Waals surface area contributed by atoms with Crippen molar-refractivity contribution in [2.75, 3.05) is 12.9 Å². The molecule has 1 aromatic heterocycles. The van der Waals surface area contributed by atoms with Crippen LogP contribution in [0.4, 0.5) is 4.79 Å². The van der Waals surface area contributed by atoms with E-state index in [1.54, 1.807) is 45.4 Å². The number of aryl methyl sites for hydroxylation is 2. The highest BCUT2D eigenvalue weighted by molar-refractivity contribution is 8.13. The van der Waals surface area contributed by atoms with Crippen LogP contribution < -0.4 is 10.1 Å². The van der Waals surface area contributed by atoms with Crippen molar-refractivity contribution >= 4 is 28.9 Å². The maximum atomic E-state index is 12.5. The van der Waals surface area contributed by atoms with Crippen LogP contribution in [0.3, 0.4) is 0 Å². The first-order chi connectivity index (χ1) is 15.6. The maximum Gasteiger partial charge on any atom is 0.312 e. The van der Waals surface area contributed by atoms with Crippen LogP contribution in [-0.4, -0.2) is 35.0 Å². The lowest BCUT2D eigenvalue weighted by Gasteiger charge is -2.23. The SMILES string of the molecule is CCc1ccc([C@H](COc2ccc(CCC(=O)NC(=O)SC)cc2)OC(=O)C(C)(C)C)nc1. The van der Waals surface area contributed by atoms with Crippen molar-refractivity contribution in [1.29, 1.82) is 0 Å². The third-order valence-electron chi connectivity index (χ3n) is 4.84. The lowest BCUT2D eigenvalue weighted by atomic mass is 9.97. The van der Waals surface area contributed by atoms with Crippen LogP contribution in [0.1, 0.15) is 57.0 Å². The van der Waals surface area contributed by atoms with Crippen LogP contribution in [0.15, 0.2) is 42.6 Å². The van der Waals surface area contributed by atoms with Gasteiger partial charge in [0.05, 0.1) is 11.1 Å². The van der Waals surface area contributed by atoms with Crippen molar-refractivity contribution in [2.24, 2.45) is 5.41 Å². The molecule has 0 aliphatic rings. The first-order valence-electron chi connectivity index (χ1n) is 10.9. The third kappa shape index (κ3) is 8.88. The quantitative estimate of drug-likeness (QED) is 0.520. The minimum Gasteiger partial charge on any atom is -0.489 e. The van der Waals surface area contributed by atoms with Gasteiger partial charge in [-0.25, -0.2) is 0 Å². The predicted octanol–water partition coefficient (Wildman–Crippen LogP) is 4.89. The van der Waals surface area contributed by atoms with Gasteiger partial charge in [-0.2, -0.15) is 0 Å². The van der Waals surface area contributed by atoms with Crippen LogP contribution in [-0.2, 0) is 27.2 Å². The number of amides is 2.